The summed E-state index contributed by atoms with van der Waals surface area (Å²) in [6.45, 7) is 8.77. The molecule has 1 unspecified atom stereocenters. The van der Waals surface area contributed by atoms with Gasteiger partial charge in [0, 0.05) is 19.7 Å². The molecule has 0 amide bonds. The summed E-state index contributed by atoms with van der Waals surface area (Å²) in [6.07, 6.45) is 0. The van der Waals surface area contributed by atoms with Crippen molar-refractivity contribution in [2.75, 3.05) is 33.4 Å². The Morgan fingerprint density at radius 3 is 2.77 bits per heavy atom. The second kappa shape index (κ2) is 12.5. The summed E-state index contributed by atoms with van der Waals surface area (Å²) in [7, 11) is 1.69. The van der Waals surface area contributed by atoms with E-state index in [4.69, 9.17) is 9.47 Å². The lowest BCUT2D eigenvalue weighted by Gasteiger charge is -2.17. The highest BCUT2D eigenvalue weighted by Crippen LogP contribution is 2.11. The second-order valence-corrected chi connectivity index (χ2v) is 4.93. The van der Waals surface area contributed by atoms with Crippen molar-refractivity contribution in [1.29, 1.82) is 0 Å². The molecule has 0 aliphatic rings. The van der Waals surface area contributed by atoms with E-state index in [2.05, 4.69) is 35.5 Å². The summed E-state index contributed by atoms with van der Waals surface area (Å²) < 4.78 is 10.8. The molecule has 0 aromatic heterocycles. The number of guanidine groups is 1. The van der Waals surface area contributed by atoms with Crippen molar-refractivity contribution in [3.63, 3.8) is 0 Å². The summed E-state index contributed by atoms with van der Waals surface area (Å²) in [5.74, 6) is 1.67. The fourth-order valence-corrected chi connectivity index (χ4v) is 1.87. The van der Waals surface area contributed by atoms with Crippen molar-refractivity contribution in [3.8, 4) is 5.75 Å². The average Bonchev–Trinajstić information content (AvgIpc) is 2.44. The van der Waals surface area contributed by atoms with Crippen LogP contribution in [-0.4, -0.2) is 45.4 Å². The Kier molecular flexibility index (Phi) is 11.9. The zero-order chi connectivity index (χ0) is 15.5. The molecule has 0 spiro atoms. The van der Waals surface area contributed by atoms with Gasteiger partial charge in [-0.3, -0.25) is 0 Å². The first kappa shape index (κ1) is 21.0. The number of aliphatic imine (C=N–C) groups is 1. The molecule has 0 heterocycles. The number of halogens is 1. The number of ether oxygens (including phenoxy) is 2. The van der Waals surface area contributed by atoms with Crippen LogP contribution in [0.2, 0.25) is 0 Å². The van der Waals surface area contributed by atoms with Gasteiger partial charge < -0.3 is 20.1 Å². The van der Waals surface area contributed by atoms with Crippen LogP contribution in [0.1, 0.15) is 19.4 Å². The molecule has 1 aromatic rings. The van der Waals surface area contributed by atoms with E-state index in [0.717, 1.165) is 18.3 Å². The Bertz CT molecular complexity index is 441. The van der Waals surface area contributed by atoms with Crippen LogP contribution in [0, 0.1) is 6.92 Å². The molecule has 1 rings (SSSR count). The molecule has 22 heavy (non-hydrogen) atoms. The maximum absolute atomic E-state index is 5.68. The van der Waals surface area contributed by atoms with Gasteiger partial charge in [0.05, 0.1) is 13.2 Å². The van der Waals surface area contributed by atoms with E-state index < -0.39 is 0 Å². The molecular formula is C16H28IN3O2. The highest BCUT2D eigenvalue weighted by atomic mass is 127. The van der Waals surface area contributed by atoms with Gasteiger partial charge in [-0.25, -0.2) is 4.99 Å². The number of rotatable bonds is 8. The first-order valence-electron chi connectivity index (χ1n) is 7.39. The van der Waals surface area contributed by atoms with Gasteiger partial charge in [0.2, 0.25) is 0 Å². The third-order valence-corrected chi connectivity index (χ3v) is 2.76. The van der Waals surface area contributed by atoms with E-state index >= 15 is 0 Å². The number of methoxy groups -OCH3 is 1. The standard InChI is InChI=1S/C16H27N3O2.HI/c1-5-17-16(19-14(3)12-20-4)18-9-10-21-15-8-6-7-13(2)11-15;/h6-8,11,14H,5,9-10,12H2,1-4H3,(H2,17,18,19);1H. The summed E-state index contributed by atoms with van der Waals surface area (Å²) >= 11 is 0. The van der Waals surface area contributed by atoms with Crippen LogP contribution in [0.25, 0.3) is 0 Å². The van der Waals surface area contributed by atoms with Gasteiger partial charge in [-0.2, -0.15) is 0 Å². The maximum atomic E-state index is 5.68. The van der Waals surface area contributed by atoms with E-state index in [1.54, 1.807) is 7.11 Å². The van der Waals surface area contributed by atoms with Crippen LogP contribution >= 0.6 is 24.0 Å². The second-order valence-electron chi connectivity index (χ2n) is 4.93. The van der Waals surface area contributed by atoms with Crippen LogP contribution in [-0.2, 0) is 4.74 Å². The lowest BCUT2D eigenvalue weighted by molar-refractivity contribution is 0.179. The zero-order valence-corrected chi connectivity index (χ0v) is 16.2. The monoisotopic (exact) mass is 421 g/mol. The summed E-state index contributed by atoms with van der Waals surface area (Å²) in [4.78, 5) is 4.49. The van der Waals surface area contributed by atoms with Gasteiger partial charge in [0.15, 0.2) is 5.96 Å². The fraction of sp³-hybridized carbons (Fsp3) is 0.562. The number of nitrogens with one attached hydrogen (secondary N) is 2. The minimum Gasteiger partial charge on any atom is -0.492 e. The SMILES string of the molecule is CCNC(=NCCOc1cccc(C)c1)NC(C)COC.I. The molecule has 0 aliphatic heterocycles. The molecule has 0 saturated carbocycles. The first-order chi connectivity index (χ1) is 10.2. The van der Waals surface area contributed by atoms with Crippen molar-refractivity contribution in [2.24, 2.45) is 4.99 Å². The summed E-state index contributed by atoms with van der Waals surface area (Å²) in [6, 6.07) is 8.24. The molecule has 0 radical (unpaired) electrons. The summed E-state index contributed by atoms with van der Waals surface area (Å²) in [5, 5.41) is 6.49. The highest BCUT2D eigenvalue weighted by molar-refractivity contribution is 14.0. The Labute approximate surface area is 150 Å². The van der Waals surface area contributed by atoms with E-state index in [9.17, 15) is 0 Å². The van der Waals surface area contributed by atoms with Gasteiger partial charge in [-0.1, -0.05) is 12.1 Å². The number of hydrogen-bond donors (Lipinski definition) is 2. The predicted molar refractivity (Wildman–Crippen MR) is 103 cm³/mol. The predicted octanol–water partition coefficient (Wildman–Crippen LogP) is 2.58. The third kappa shape index (κ3) is 9.09. The Balaban J connectivity index is 0.00000441. The molecule has 1 atom stereocenters. The maximum Gasteiger partial charge on any atom is 0.191 e. The highest BCUT2D eigenvalue weighted by Gasteiger charge is 2.03. The Morgan fingerprint density at radius 2 is 2.14 bits per heavy atom. The van der Waals surface area contributed by atoms with Gasteiger partial charge in [-0.05, 0) is 38.5 Å². The minimum atomic E-state index is 0. The average molecular weight is 421 g/mol. The Morgan fingerprint density at radius 1 is 1.36 bits per heavy atom. The van der Waals surface area contributed by atoms with Gasteiger partial charge in [0.25, 0.3) is 0 Å². The van der Waals surface area contributed by atoms with Gasteiger partial charge in [-0.15, -0.1) is 24.0 Å². The largest absolute Gasteiger partial charge is 0.492 e. The van der Waals surface area contributed by atoms with E-state index in [1.165, 1.54) is 5.56 Å². The summed E-state index contributed by atoms with van der Waals surface area (Å²) in [5.41, 5.74) is 1.19. The third-order valence-electron chi connectivity index (χ3n) is 2.76. The Hall–Kier alpha value is -1.02. The van der Waals surface area contributed by atoms with Crippen molar-refractivity contribution >= 4 is 29.9 Å². The minimum absolute atomic E-state index is 0. The van der Waals surface area contributed by atoms with Gasteiger partial charge >= 0.3 is 0 Å². The van der Waals surface area contributed by atoms with E-state index in [1.807, 2.05) is 25.1 Å². The zero-order valence-electron chi connectivity index (χ0n) is 13.9. The van der Waals surface area contributed by atoms with Crippen LogP contribution in [0.15, 0.2) is 29.3 Å². The van der Waals surface area contributed by atoms with Crippen LogP contribution in [0.4, 0.5) is 0 Å². The van der Waals surface area contributed by atoms with Crippen LogP contribution < -0.4 is 15.4 Å². The van der Waals surface area contributed by atoms with E-state index in [0.29, 0.717) is 19.8 Å². The number of hydrogen-bond acceptors (Lipinski definition) is 3. The molecule has 2 N–H and O–H groups in total. The number of benzene rings is 1. The van der Waals surface area contributed by atoms with Crippen LogP contribution in [0.5, 0.6) is 5.75 Å². The smallest absolute Gasteiger partial charge is 0.191 e. The normalized spacial score (nSPS) is 12.3. The molecule has 0 bridgehead atoms. The van der Waals surface area contributed by atoms with Crippen molar-refractivity contribution in [2.45, 2.75) is 26.8 Å². The lowest BCUT2D eigenvalue weighted by atomic mass is 10.2. The molecule has 6 heteroatoms. The fourth-order valence-electron chi connectivity index (χ4n) is 1.87. The van der Waals surface area contributed by atoms with Crippen LogP contribution in [0.3, 0.4) is 0 Å². The molecule has 1 aromatic carbocycles. The van der Waals surface area contributed by atoms with E-state index in [-0.39, 0.29) is 30.0 Å². The quantitative estimate of drug-likeness (QED) is 0.293. The lowest BCUT2D eigenvalue weighted by Crippen LogP contribution is -2.44. The van der Waals surface area contributed by atoms with Crippen molar-refractivity contribution in [1.82, 2.24) is 10.6 Å². The molecule has 126 valence electrons. The molecule has 0 saturated heterocycles. The molecule has 5 nitrogen and oxygen atoms in total. The molecule has 0 fully saturated rings. The van der Waals surface area contributed by atoms with Crippen molar-refractivity contribution < 1.29 is 9.47 Å². The number of nitrogens with zero attached hydrogens (tertiary/aromatic N) is 1. The van der Waals surface area contributed by atoms with Crippen molar-refractivity contribution in [3.05, 3.63) is 29.8 Å². The van der Waals surface area contributed by atoms with Gasteiger partial charge in [0.1, 0.15) is 12.4 Å². The topological polar surface area (TPSA) is 54.9 Å². The first-order valence-corrected chi connectivity index (χ1v) is 7.39. The molecule has 0 aliphatic carbocycles. The molecular weight excluding hydrogens is 393 g/mol. The number of aryl methyl sites for hydroxylation is 1.